The van der Waals surface area contributed by atoms with Crippen molar-refractivity contribution in [2.75, 3.05) is 19.7 Å². The third-order valence-corrected chi connectivity index (χ3v) is 10.4. The number of esters is 1. The predicted octanol–water partition coefficient (Wildman–Crippen LogP) is 3.19. The second kappa shape index (κ2) is 25.4. The molecule has 17 heteroatoms. The zero-order valence-electron chi connectivity index (χ0n) is 31.2. The minimum Gasteiger partial charge on any atom is -0.465 e. The van der Waals surface area contributed by atoms with Crippen molar-refractivity contribution in [1.82, 2.24) is 19.6 Å². The second-order valence-corrected chi connectivity index (χ2v) is 17.8. The topological polar surface area (TPSA) is 221 Å². The summed E-state index contributed by atoms with van der Waals surface area (Å²) >= 11 is 1.58. The summed E-state index contributed by atoms with van der Waals surface area (Å²) in [6.45, 7) is 14.7. The van der Waals surface area contributed by atoms with Crippen molar-refractivity contribution in [2.45, 2.75) is 126 Å². The van der Waals surface area contributed by atoms with Crippen LogP contribution in [0.1, 0.15) is 120 Å². The number of hydrogen-bond acceptors (Lipinski definition) is 11. The minimum atomic E-state index is -1.16. The van der Waals surface area contributed by atoms with Gasteiger partial charge >= 0.3 is 134 Å². The van der Waals surface area contributed by atoms with Gasteiger partial charge in [0.15, 0.2) is 0 Å². The number of aliphatic hydroxyl groups excluding tert-OH is 1. The van der Waals surface area contributed by atoms with E-state index in [1.807, 2.05) is 6.92 Å². The maximum atomic E-state index is 13.5. The van der Waals surface area contributed by atoms with E-state index in [0.717, 1.165) is 19.3 Å². The van der Waals surface area contributed by atoms with Crippen LogP contribution in [0.4, 0.5) is 0 Å². The van der Waals surface area contributed by atoms with Crippen molar-refractivity contribution in [3.8, 4) is 0 Å². The molecule has 285 valence electrons. The van der Waals surface area contributed by atoms with Crippen LogP contribution in [0.3, 0.4) is 0 Å². The van der Waals surface area contributed by atoms with E-state index >= 15 is 0 Å². The Balaban J connectivity index is 0. The van der Waals surface area contributed by atoms with Gasteiger partial charge in [-0.3, -0.25) is 24.0 Å². The fourth-order valence-electron chi connectivity index (χ4n) is 5.34. The van der Waals surface area contributed by atoms with Crippen molar-refractivity contribution in [3.63, 3.8) is 0 Å². The first-order valence-corrected chi connectivity index (χ1v) is 25.3. The van der Waals surface area contributed by atoms with Gasteiger partial charge in [-0.15, -0.1) is 5.16 Å². The molecule has 6 amide bonds. The van der Waals surface area contributed by atoms with E-state index in [2.05, 4.69) is 39.5 Å². The molecule has 0 saturated heterocycles. The average Bonchev–Trinajstić information content (AvgIpc) is 3.00. The molecular formula is C33H58GaIN5O10. The molecule has 1 radical (unpaired) electrons. The summed E-state index contributed by atoms with van der Waals surface area (Å²) < 4.78 is 8.50. The predicted molar refractivity (Wildman–Crippen MR) is 198 cm³/mol. The van der Waals surface area contributed by atoms with Crippen LogP contribution in [0.15, 0.2) is 5.16 Å². The summed E-state index contributed by atoms with van der Waals surface area (Å²) in [6.07, 6.45) is 5.09. The molecule has 0 aliphatic rings. The maximum absolute atomic E-state index is 13.5. The molecule has 0 bridgehead atoms. The molecular weight excluding hydrogens is 823 g/mol. The quantitative estimate of drug-likeness (QED) is 0.0216. The van der Waals surface area contributed by atoms with Gasteiger partial charge in [0.1, 0.15) is 0 Å². The van der Waals surface area contributed by atoms with Crippen LogP contribution in [-0.2, 0) is 38.3 Å². The van der Waals surface area contributed by atoms with Gasteiger partial charge < -0.3 is 20.4 Å². The molecule has 0 rings (SSSR count). The van der Waals surface area contributed by atoms with Gasteiger partial charge in [0.05, 0.1) is 12.7 Å². The number of halogens is 1. The summed E-state index contributed by atoms with van der Waals surface area (Å²) in [5.41, 5.74) is -3.03. The van der Waals surface area contributed by atoms with Crippen molar-refractivity contribution < 1.29 is 48.6 Å². The van der Waals surface area contributed by atoms with E-state index in [1.54, 1.807) is 34.6 Å². The summed E-state index contributed by atoms with van der Waals surface area (Å²) in [7, 11) is 0. The minimum absolute atomic E-state index is 0.0888. The van der Waals surface area contributed by atoms with Crippen molar-refractivity contribution in [2.24, 2.45) is 21.4 Å². The van der Waals surface area contributed by atoms with E-state index in [4.69, 9.17) is 9.94 Å². The Morgan fingerprint density at radius 1 is 0.880 bits per heavy atom. The van der Waals surface area contributed by atoms with Crippen LogP contribution in [0.25, 0.3) is 0 Å². The SMILES string of the molecule is CC(=O)N(C(C)=O)C(C)=O.CCC(C)(CC(C)(CC(C)(C)C(=O)NCCCCCC(=O)[NH][Ga][I])C(=O)OCCC/C=N/O)C(=O)NCC(C)O. The third-order valence-electron chi connectivity index (χ3n) is 7.93. The number of hydrogen-bond donors (Lipinski definition) is 5. The van der Waals surface area contributed by atoms with Gasteiger partial charge in [-0.05, 0) is 39.5 Å². The van der Waals surface area contributed by atoms with E-state index in [1.165, 1.54) is 27.0 Å². The van der Waals surface area contributed by atoms with Crippen molar-refractivity contribution >= 4 is 81.4 Å². The van der Waals surface area contributed by atoms with E-state index in [-0.39, 0.29) is 43.7 Å². The summed E-state index contributed by atoms with van der Waals surface area (Å²) in [5, 5.41) is 26.9. The number of carbonyl (C=O) groups excluding carboxylic acids is 7. The summed E-state index contributed by atoms with van der Waals surface area (Å²) in [4.78, 5) is 83.5. The standard InChI is InChI=1S/C27H50N4O7.C6H9NO3.Ga.HI/c1-7-26(5,23(35)30-17-20(2)32)19-27(6,24(36)38-16-12-11-15-31-37)18-25(3,4)22(34)29-14-10-8-9-13-21(28)33;1-4(8)7(5(2)9)6(3)10;;/h15,20,32H,7-14,16-19H2,1-6H3,(H5,28,29,30,33,34,35,37);1-3H3;;1H/q;;+2;/p-2/b31-15+;;;. The van der Waals surface area contributed by atoms with Gasteiger partial charge in [-0.1, -0.05) is 13.8 Å². The molecule has 3 atom stereocenters. The molecule has 0 aromatic heterocycles. The average molecular weight is 881 g/mol. The molecule has 3 unspecified atom stereocenters. The van der Waals surface area contributed by atoms with Crippen molar-refractivity contribution in [1.29, 1.82) is 0 Å². The van der Waals surface area contributed by atoms with Crippen LogP contribution in [0, 0.1) is 16.2 Å². The summed E-state index contributed by atoms with van der Waals surface area (Å²) in [6, 6.07) is 0. The van der Waals surface area contributed by atoms with E-state index in [0.29, 0.717) is 37.1 Å². The first-order chi connectivity index (χ1) is 23.1. The zero-order chi connectivity index (χ0) is 39.1. The Kier molecular flexibility index (Phi) is 25.2. The Hall–Kier alpha value is -2.51. The number of aliphatic hydroxyl groups is 1. The molecule has 0 saturated carbocycles. The molecule has 0 spiro atoms. The molecule has 0 aliphatic heterocycles. The number of nitrogens with one attached hydrogen (secondary N) is 3. The Labute approximate surface area is 315 Å². The van der Waals surface area contributed by atoms with E-state index < -0.39 is 60.1 Å². The molecule has 0 heterocycles. The van der Waals surface area contributed by atoms with Crippen LogP contribution in [-0.4, -0.2) is 103 Å². The Morgan fingerprint density at radius 2 is 1.46 bits per heavy atom. The number of imide groups is 3. The number of ether oxygens (including phenoxy) is 1. The number of oxime groups is 1. The largest absolute Gasteiger partial charge is 0.465 e. The number of rotatable bonds is 21. The first kappa shape index (κ1) is 49.6. The number of carbonyl (C=O) groups is 7. The first-order valence-electron chi connectivity index (χ1n) is 16.7. The Morgan fingerprint density at radius 3 is 1.92 bits per heavy atom. The van der Waals surface area contributed by atoms with Gasteiger partial charge in [0.25, 0.3) is 0 Å². The number of amides is 6. The molecule has 0 aromatic rings. The normalized spacial score (nSPS) is 14.1. The maximum Gasteiger partial charge on any atom is 0.311 e. The molecule has 5 N–H and O–H groups in total. The van der Waals surface area contributed by atoms with Crippen LogP contribution in [0.2, 0.25) is 0 Å². The van der Waals surface area contributed by atoms with Crippen molar-refractivity contribution in [3.05, 3.63) is 0 Å². The monoisotopic (exact) mass is 880 g/mol. The fourth-order valence-corrected chi connectivity index (χ4v) is 7.70. The Bertz CT molecular complexity index is 1140. The zero-order valence-corrected chi connectivity index (χ0v) is 35.7. The molecule has 0 aliphatic carbocycles. The van der Waals surface area contributed by atoms with Gasteiger partial charge in [-0.25, -0.2) is 4.90 Å². The van der Waals surface area contributed by atoms with E-state index in [9.17, 15) is 38.7 Å². The van der Waals surface area contributed by atoms with Gasteiger partial charge in [-0.2, -0.15) is 0 Å². The molecule has 50 heavy (non-hydrogen) atoms. The second-order valence-electron chi connectivity index (χ2n) is 13.5. The fraction of sp³-hybridized carbons (Fsp3) is 0.758. The van der Waals surface area contributed by atoms with Crippen LogP contribution < -0.4 is 14.7 Å². The number of nitrogens with zero attached hydrogens (tertiary/aromatic N) is 2. The molecule has 0 aromatic carbocycles. The van der Waals surface area contributed by atoms with Crippen LogP contribution >= 0.6 is 19.7 Å². The third kappa shape index (κ3) is 20.4. The summed E-state index contributed by atoms with van der Waals surface area (Å²) in [5.74, 6) is -2.50. The van der Waals surface area contributed by atoms with Gasteiger partial charge in [0, 0.05) is 38.9 Å². The van der Waals surface area contributed by atoms with Gasteiger partial charge in [0.2, 0.25) is 23.6 Å². The smallest absolute Gasteiger partial charge is 0.311 e. The molecule has 0 fully saturated rings. The molecule has 15 nitrogen and oxygen atoms in total. The number of unbranched alkanes of at least 4 members (excludes halogenated alkanes) is 3. The van der Waals surface area contributed by atoms with Crippen LogP contribution in [0.5, 0.6) is 0 Å².